The molecular formula is C13H13F. The lowest BCUT2D eigenvalue weighted by Crippen LogP contribution is -1.86. The van der Waals surface area contributed by atoms with Gasteiger partial charge >= 0.3 is 0 Å². The molecule has 0 saturated carbocycles. The number of hydrogen-bond donors (Lipinski definition) is 0. The van der Waals surface area contributed by atoms with E-state index in [1.807, 2.05) is 26.0 Å². The molecule has 2 rings (SSSR count). The van der Waals surface area contributed by atoms with Crippen LogP contribution < -0.4 is 0 Å². The average molecular weight is 188 g/mol. The molecule has 0 fully saturated rings. The highest BCUT2D eigenvalue weighted by molar-refractivity contribution is 5.87. The summed E-state index contributed by atoms with van der Waals surface area (Å²) in [6.45, 7) is 3.64. The number of benzene rings is 2. The van der Waals surface area contributed by atoms with Crippen LogP contribution in [-0.4, -0.2) is 0 Å². The molecule has 0 amide bonds. The van der Waals surface area contributed by atoms with Crippen LogP contribution in [0.5, 0.6) is 0 Å². The van der Waals surface area contributed by atoms with Gasteiger partial charge < -0.3 is 0 Å². The van der Waals surface area contributed by atoms with E-state index in [9.17, 15) is 4.39 Å². The molecule has 0 aliphatic rings. The van der Waals surface area contributed by atoms with Crippen molar-refractivity contribution >= 4 is 10.8 Å². The van der Waals surface area contributed by atoms with Crippen molar-refractivity contribution in [2.24, 2.45) is 0 Å². The van der Waals surface area contributed by atoms with Gasteiger partial charge in [-0.2, -0.15) is 0 Å². The molecule has 0 saturated heterocycles. The Kier molecular flexibility index (Phi) is 2.24. The number of aryl methyl sites for hydroxylation is 2. The number of alkyl halides is 1. The van der Waals surface area contributed by atoms with E-state index in [-0.39, 0.29) is 6.67 Å². The summed E-state index contributed by atoms with van der Waals surface area (Å²) in [6, 6.07) is 10.2. The molecule has 0 heterocycles. The number of halogens is 1. The van der Waals surface area contributed by atoms with Crippen molar-refractivity contribution in [2.45, 2.75) is 20.5 Å². The van der Waals surface area contributed by atoms with Crippen molar-refractivity contribution in [1.29, 1.82) is 0 Å². The van der Waals surface area contributed by atoms with Crippen LogP contribution in [0.4, 0.5) is 4.39 Å². The third-order valence-electron chi connectivity index (χ3n) is 2.48. The summed E-state index contributed by atoms with van der Waals surface area (Å²) >= 11 is 0. The van der Waals surface area contributed by atoms with E-state index in [0.29, 0.717) is 0 Å². The Hall–Kier alpha value is -1.37. The summed E-state index contributed by atoms with van der Waals surface area (Å²) in [5, 5.41) is 2.17. The molecule has 1 heteroatoms. The molecule has 2 aromatic rings. The van der Waals surface area contributed by atoms with Gasteiger partial charge in [0.05, 0.1) is 0 Å². The van der Waals surface area contributed by atoms with Gasteiger partial charge in [-0.15, -0.1) is 0 Å². The fourth-order valence-corrected chi connectivity index (χ4v) is 1.82. The quantitative estimate of drug-likeness (QED) is 0.636. The standard InChI is InChI=1S/C13H13F/c1-9-3-4-11-5-10(2)6-12(8-14)13(11)7-9/h3-7H,8H2,1-2H3. The predicted octanol–water partition coefficient (Wildman–Crippen LogP) is 3.93. The minimum absolute atomic E-state index is 0.387. The molecule has 0 radical (unpaired) electrons. The van der Waals surface area contributed by atoms with Crippen LogP contribution in [0.2, 0.25) is 0 Å². The SMILES string of the molecule is Cc1cc(CF)c2cc(C)ccc2c1. The summed E-state index contributed by atoms with van der Waals surface area (Å²) in [5.41, 5.74) is 3.09. The van der Waals surface area contributed by atoms with E-state index in [4.69, 9.17) is 0 Å². The van der Waals surface area contributed by atoms with Crippen LogP contribution in [0, 0.1) is 13.8 Å². The van der Waals surface area contributed by atoms with Gasteiger partial charge in [-0.3, -0.25) is 0 Å². The highest BCUT2D eigenvalue weighted by atomic mass is 19.1. The molecule has 0 aliphatic heterocycles. The fourth-order valence-electron chi connectivity index (χ4n) is 1.82. The normalized spacial score (nSPS) is 10.8. The third kappa shape index (κ3) is 1.50. The highest BCUT2D eigenvalue weighted by Gasteiger charge is 2.02. The summed E-state index contributed by atoms with van der Waals surface area (Å²) in [4.78, 5) is 0. The Labute approximate surface area is 83.4 Å². The van der Waals surface area contributed by atoms with Crippen molar-refractivity contribution in [1.82, 2.24) is 0 Å². The van der Waals surface area contributed by atoms with Gasteiger partial charge in [0.2, 0.25) is 0 Å². The maximum Gasteiger partial charge on any atom is 0.115 e. The number of hydrogen-bond acceptors (Lipinski definition) is 0. The second kappa shape index (κ2) is 3.41. The summed E-state index contributed by atoms with van der Waals surface area (Å²) in [6.07, 6.45) is 0. The molecule has 0 aliphatic carbocycles. The Morgan fingerprint density at radius 1 is 1.00 bits per heavy atom. The Balaban J connectivity index is 2.81. The van der Waals surface area contributed by atoms with E-state index in [1.54, 1.807) is 0 Å². The predicted molar refractivity (Wildman–Crippen MR) is 58.2 cm³/mol. The van der Waals surface area contributed by atoms with E-state index in [0.717, 1.165) is 21.9 Å². The average Bonchev–Trinajstić information content (AvgIpc) is 2.17. The number of fused-ring (bicyclic) bond motifs is 1. The van der Waals surface area contributed by atoms with Crippen molar-refractivity contribution in [3.8, 4) is 0 Å². The molecular weight excluding hydrogens is 175 g/mol. The van der Waals surface area contributed by atoms with Gasteiger partial charge in [-0.25, -0.2) is 4.39 Å². The largest absolute Gasteiger partial charge is 0.246 e. The molecule has 2 aromatic carbocycles. The van der Waals surface area contributed by atoms with E-state index in [2.05, 4.69) is 18.2 Å². The van der Waals surface area contributed by atoms with Gasteiger partial charge in [0.1, 0.15) is 6.67 Å². The van der Waals surface area contributed by atoms with Gasteiger partial charge in [0.25, 0.3) is 0 Å². The Morgan fingerprint density at radius 2 is 1.79 bits per heavy atom. The van der Waals surface area contributed by atoms with Gasteiger partial charge in [0.15, 0.2) is 0 Å². The van der Waals surface area contributed by atoms with Crippen LogP contribution in [0.15, 0.2) is 30.3 Å². The molecule has 0 nitrogen and oxygen atoms in total. The second-order valence-corrected chi connectivity index (χ2v) is 3.78. The Bertz CT molecular complexity index is 472. The molecule has 0 spiro atoms. The van der Waals surface area contributed by atoms with E-state index in [1.165, 1.54) is 5.56 Å². The molecule has 0 aromatic heterocycles. The molecule has 0 unspecified atom stereocenters. The highest BCUT2D eigenvalue weighted by Crippen LogP contribution is 2.23. The van der Waals surface area contributed by atoms with E-state index >= 15 is 0 Å². The van der Waals surface area contributed by atoms with Crippen LogP contribution in [0.25, 0.3) is 10.8 Å². The molecule has 0 bridgehead atoms. The molecule has 72 valence electrons. The first-order chi connectivity index (χ1) is 6.70. The lowest BCUT2D eigenvalue weighted by molar-refractivity contribution is 0.487. The first-order valence-electron chi connectivity index (χ1n) is 4.76. The first-order valence-corrected chi connectivity index (χ1v) is 4.76. The summed E-state index contributed by atoms with van der Waals surface area (Å²) in [7, 11) is 0. The van der Waals surface area contributed by atoms with Crippen molar-refractivity contribution < 1.29 is 4.39 Å². The third-order valence-corrected chi connectivity index (χ3v) is 2.48. The van der Waals surface area contributed by atoms with Crippen molar-refractivity contribution in [3.63, 3.8) is 0 Å². The lowest BCUT2D eigenvalue weighted by Gasteiger charge is -2.06. The zero-order chi connectivity index (χ0) is 10.1. The van der Waals surface area contributed by atoms with E-state index < -0.39 is 0 Å². The smallest absolute Gasteiger partial charge is 0.115 e. The van der Waals surface area contributed by atoms with Crippen molar-refractivity contribution in [3.05, 3.63) is 47.0 Å². The van der Waals surface area contributed by atoms with Crippen LogP contribution >= 0.6 is 0 Å². The van der Waals surface area contributed by atoms with Crippen molar-refractivity contribution in [2.75, 3.05) is 0 Å². The zero-order valence-electron chi connectivity index (χ0n) is 8.47. The molecule has 14 heavy (non-hydrogen) atoms. The van der Waals surface area contributed by atoms with Gasteiger partial charge in [0, 0.05) is 0 Å². The summed E-state index contributed by atoms with van der Waals surface area (Å²) < 4.78 is 12.8. The fraction of sp³-hybridized carbons (Fsp3) is 0.231. The maximum absolute atomic E-state index is 12.8. The minimum Gasteiger partial charge on any atom is -0.246 e. The van der Waals surface area contributed by atoms with Crippen LogP contribution in [0.1, 0.15) is 16.7 Å². The molecule has 0 atom stereocenters. The lowest BCUT2D eigenvalue weighted by atomic mass is 10.0. The topological polar surface area (TPSA) is 0 Å². The minimum atomic E-state index is -0.387. The van der Waals surface area contributed by atoms with Crippen LogP contribution in [-0.2, 0) is 6.67 Å². The molecule has 0 N–H and O–H groups in total. The number of rotatable bonds is 1. The van der Waals surface area contributed by atoms with Crippen LogP contribution in [0.3, 0.4) is 0 Å². The first kappa shape index (κ1) is 9.20. The van der Waals surface area contributed by atoms with Gasteiger partial charge in [-0.1, -0.05) is 41.5 Å². The summed E-state index contributed by atoms with van der Waals surface area (Å²) in [5.74, 6) is 0. The Morgan fingerprint density at radius 3 is 2.50 bits per heavy atom. The maximum atomic E-state index is 12.8. The monoisotopic (exact) mass is 188 g/mol. The zero-order valence-corrected chi connectivity index (χ0v) is 8.47. The van der Waals surface area contributed by atoms with Gasteiger partial charge in [-0.05, 0) is 30.2 Å². The second-order valence-electron chi connectivity index (χ2n) is 3.78.